The second kappa shape index (κ2) is 6.95. The first-order valence-electron chi connectivity index (χ1n) is 6.65. The van der Waals surface area contributed by atoms with Crippen molar-refractivity contribution in [3.05, 3.63) is 65.7 Å². The lowest BCUT2D eigenvalue weighted by Crippen LogP contribution is -3.08. The molecule has 1 unspecified atom stereocenters. The van der Waals surface area contributed by atoms with E-state index in [4.69, 9.17) is 0 Å². The molecule has 1 atom stereocenters. The van der Waals surface area contributed by atoms with Gasteiger partial charge in [-0.15, -0.1) is 0 Å². The van der Waals surface area contributed by atoms with E-state index < -0.39 is 5.82 Å². The summed E-state index contributed by atoms with van der Waals surface area (Å²) in [4.78, 5) is 12.7. The maximum atomic E-state index is 13.5. The van der Waals surface area contributed by atoms with Gasteiger partial charge in [-0.05, 0) is 18.2 Å². The molecule has 0 aromatic heterocycles. The number of para-hydroxylation sites is 1. The highest BCUT2D eigenvalue weighted by Gasteiger charge is 2.14. The van der Waals surface area contributed by atoms with Gasteiger partial charge in [0, 0.05) is 5.56 Å². The van der Waals surface area contributed by atoms with Crippen molar-refractivity contribution in [2.45, 2.75) is 6.54 Å². The number of likely N-dealkylation sites (N-methyl/N-ethyl adjacent to an activating group) is 1. The molecule has 0 heterocycles. The molecule has 0 saturated carbocycles. The van der Waals surface area contributed by atoms with Gasteiger partial charge in [0.05, 0.1) is 12.7 Å². The Kier molecular flexibility index (Phi) is 5.00. The standard InChI is InChI=1S/C16H16F2N2O/c1-20(10-12-6-2-3-7-13(12)17)11-16(21)19-15-9-5-4-8-14(15)18/h2-9H,10-11H2,1H3,(H,19,21)/p+1. The molecule has 110 valence electrons. The number of halogens is 2. The van der Waals surface area contributed by atoms with Gasteiger partial charge in [-0.25, -0.2) is 8.78 Å². The molecule has 0 bridgehead atoms. The third-order valence-electron chi connectivity index (χ3n) is 3.06. The summed E-state index contributed by atoms with van der Waals surface area (Å²) < 4.78 is 26.9. The maximum Gasteiger partial charge on any atom is 0.279 e. The Balaban J connectivity index is 1.91. The van der Waals surface area contributed by atoms with E-state index >= 15 is 0 Å². The van der Waals surface area contributed by atoms with E-state index in [1.54, 1.807) is 37.4 Å². The molecule has 2 aromatic carbocycles. The van der Waals surface area contributed by atoms with Gasteiger partial charge in [0.1, 0.15) is 18.2 Å². The second-order valence-corrected chi connectivity index (χ2v) is 4.93. The predicted molar refractivity (Wildman–Crippen MR) is 76.9 cm³/mol. The number of carbonyl (C=O) groups is 1. The molecule has 0 radical (unpaired) electrons. The van der Waals surface area contributed by atoms with Crippen molar-refractivity contribution in [1.82, 2.24) is 0 Å². The van der Waals surface area contributed by atoms with E-state index in [2.05, 4.69) is 5.32 Å². The Morgan fingerprint density at radius 1 is 1.05 bits per heavy atom. The number of amides is 1. The van der Waals surface area contributed by atoms with Crippen LogP contribution >= 0.6 is 0 Å². The lowest BCUT2D eigenvalue weighted by atomic mass is 10.2. The zero-order chi connectivity index (χ0) is 15.2. The number of anilines is 1. The molecule has 0 fully saturated rings. The molecule has 0 aliphatic rings. The van der Waals surface area contributed by atoms with E-state index in [0.717, 1.165) is 4.90 Å². The highest BCUT2D eigenvalue weighted by atomic mass is 19.1. The van der Waals surface area contributed by atoms with Crippen LogP contribution in [0.4, 0.5) is 14.5 Å². The van der Waals surface area contributed by atoms with Crippen LogP contribution in [0.5, 0.6) is 0 Å². The Labute approximate surface area is 122 Å². The van der Waals surface area contributed by atoms with E-state index in [1.807, 2.05) is 0 Å². The Bertz CT molecular complexity index is 631. The summed E-state index contributed by atoms with van der Waals surface area (Å²) in [6, 6.07) is 12.4. The van der Waals surface area contributed by atoms with Gasteiger partial charge >= 0.3 is 0 Å². The lowest BCUT2D eigenvalue weighted by molar-refractivity contribution is -0.885. The van der Waals surface area contributed by atoms with Crippen molar-refractivity contribution < 1.29 is 18.5 Å². The van der Waals surface area contributed by atoms with Crippen LogP contribution < -0.4 is 10.2 Å². The van der Waals surface area contributed by atoms with Crippen molar-refractivity contribution in [3.8, 4) is 0 Å². The molecular formula is C16H17F2N2O+. The number of quaternary nitrogens is 1. The molecular weight excluding hydrogens is 274 g/mol. The first kappa shape index (κ1) is 15.1. The van der Waals surface area contributed by atoms with Gasteiger partial charge in [0.2, 0.25) is 0 Å². The molecule has 1 amide bonds. The zero-order valence-electron chi connectivity index (χ0n) is 11.7. The van der Waals surface area contributed by atoms with Crippen LogP contribution in [0.1, 0.15) is 5.56 Å². The van der Waals surface area contributed by atoms with Crippen LogP contribution in [0.3, 0.4) is 0 Å². The SMILES string of the molecule is C[NH+](CC(=O)Nc1ccccc1F)Cc1ccccc1F. The molecule has 2 N–H and O–H groups in total. The van der Waals surface area contributed by atoms with Crippen molar-refractivity contribution in [1.29, 1.82) is 0 Å². The largest absolute Gasteiger partial charge is 0.326 e. The van der Waals surface area contributed by atoms with Crippen molar-refractivity contribution in [2.24, 2.45) is 0 Å². The van der Waals surface area contributed by atoms with Crippen molar-refractivity contribution >= 4 is 11.6 Å². The Morgan fingerprint density at radius 2 is 1.67 bits per heavy atom. The number of nitrogens with one attached hydrogen (secondary N) is 2. The molecule has 3 nitrogen and oxygen atoms in total. The van der Waals surface area contributed by atoms with Gasteiger partial charge in [-0.1, -0.05) is 30.3 Å². The van der Waals surface area contributed by atoms with Crippen molar-refractivity contribution in [2.75, 3.05) is 18.9 Å². The fourth-order valence-electron chi connectivity index (χ4n) is 2.06. The van der Waals surface area contributed by atoms with E-state index in [9.17, 15) is 13.6 Å². The summed E-state index contributed by atoms with van der Waals surface area (Å²) in [5.74, 6) is -1.07. The van der Waals surface area contributed by atoms with E-state index in [1.165, 1.54) is 18.2 Å². The predicted octanol–water partition coefficient (Wildman–Crippen LogP) is 1.62. The van der Waals surface area contributed by atoms with Gasteiger partial charge in [-0.2, -0.15) is 0 Å². The first-order chi connectivity index (χ1) is 10.1. The van der Waals surface area contributed by atoms with Crippen molar-refractivity contribution in [3.63, 3.8) is 0 Å². The van der Waals surface area contributed by atoms with Gasteiger partial charge in [-0.3, -0.25) is 4.79 Å². The van der Waals surface area contributed by atoms with E-state index in [-0.39, 0.29) is 24.0 Å². The number of hydrogen-bond donors (Lipinski definition) is 2. The monoisotopic (exact) mass is 291 g/mol. The molecule has 0 spiro atoms. The minimum absolute atomic E-state index is 0.128. The summed E-state index contributed by atoms with van der Waals surface area (Å²) in [5.41, 5.74) is 0.704. The van der Waals surface area contributed by atoms with Crippen LogP contribution in [-0.4, -0.2) is 19.5 Å². The first-order valence-corrected chi connectivity index (χ1v) is 6.65. The number of hydrogen-bond acceptors (Lipinski definition) is 1. The smallest absolute Gasteiger partial charge is 0.279 e. The molecule has 0 aliphatic heterocycles. The van der Waals surface area contributed by atoms with Crippen LogP contribution in [0.2, 0.25) is 0 Å². The molecule has 2 aromatic rings. The highest BCUT2D eigenvalue weighted by Crippen LogP contribution is 2.11. The topological polar surface area (TPSA) is 33.5 Å². The summed E-state index contributed by atoms with van der Waals surface area (Å²) in [5, 5.41) is 2.51. The summed E-state index contributed by atoms with van der Waals surface area (Å²) >= 11 is 0. The average molecular weight is 291 g/mol. The van der Waals surface area contributed by atoms with Crippen LogP contribution in [0.25, 0.3) is 0 Å². The summed E-state index contributed by atoms with van der Waals surface area (Å²) in [6.07, 6.45) is 0. The Morgan fingerprint density at radius 3 is 2.33 bits per heavy atom. The molecule has 2 rings (SSSR count). The zero-order valence-corrected chi connectivity index (χ0v) is 11.7. The average Bonchev–Trinajstić information content (AvgIpc) is 2.44. The van der Waals surface area contributed by atoms with Gasteiger partial charge in [0.15, 0.2) is 6.54 Å². The minimum atomic E-state index is -0.474. The highest BCUT2D eigenvalue weighted by molar-refractivity contribution is 5.91. The third-order valence-corrected chi connectivity index (χ3v) is 3.06. The van der Waals surface area contributed by atoms with Gasteiger partial charge in [0.25, 0.3) is 5.91 Å². The number of benzene rings is 2. The quantitative estimate of drug-likeness (QED) is 0.862. The summed E-state index contributed by atoms with van der Waals surface area (Å²) in [7, 11) is 1.79. The molecule has 21 heavy (non-hydrogen) atoms. The molecule has 0 aliphatic carbocycles. The molecule has 5 heteroatoms. The van der Waals surface area contributed by atoms with Crippen LogP contribution in [0.15, 0.2) is 48.5 Å². The van der Waals surface area contributed by atoms with Crippen LogP contribution in [0, 0.1) is 11.6 Å². The number of carbonyl (C=O) groups excluding carboxylic acids is 1. The second-order valence-electron chi connectivity index (χ2n) is 4.93. The summed E-state index contributed by atoms with van der Waals surface area (Å²) in [6.45, 7) is 0.514. The van der Waals surface area contributed by atoms with E-state index in [0.29, 0.717) is 12.1 Å². The Hall–Kier alpha value is -2.27. The third kappa shape index (κ3) is 4.36. The minimum Gasteiger partial charge on any atom is -0.326 e. The number of rotatable bonds is 5. The fraction of sp³-hybridized carbons (Fsp3) is 0.188. The maximum absolute atomic E-state index is 13.5. The normalized spacial score (nSPS) is 12.0. The molecule has 0 saturated heterocycles. The van der Waals surface area contributed by atoms with Crippen LogP contribution in [-0.2, 0) is 11.3 Å². The van der Waals surface area contributed by atoms with Gasteiger partial charge < -0.3 is 10.2 Å². The fourth-order valence-corrected chi connectivity index (χ4v) is 2.06. The lowest BCUT2D eigenvalue weighted by Gasteiger charge is -2.14.